The molecule has 174 valence electrons. The van der Waals surface area contributed by atoms with Gasteiger partial charge in [0, 0.05) is 10.7 Å². The smallest absolute Gasteiger partial charge is 0.300 e. The number of aryl methyl sites for hydroxylation is 1. The van der Waals surface area contributed by atoms with Gasteiger partial charge in [0.25, 0.3) is 11.7 Å². The Bertz CT molecular complexity index is 1520. The lowest BCUT2D eigenvalue weighted by Gasteiger charge is -2.26. The maximum atomic E-state index is 13.5. The molecule has 1 aliphatic heterocycles. The summed E-state index contributed by atoms with van der Waals surface area (Å²) in [6, 6.07) is 24.7. The molecule has 0 radical (unpaired) electrons. The quantitative estimate of drug-likeness (QED) is 0.206. The van der Waals surface area contributed by atoms with Crippen molar-refractivity contribution in [3.05, 3.63) is 112 Å². The van der Waals surface area contributed by atoms with Crippen LogP contribution in [0.25, 0.3) is 16.5 Å². The van der Waals surface area contributed by atoms with Crippen molar-refractivity contribution in [2.45, 2.75) is 13.0 Å². The second-order valence-electron chi connectivity index (χ2n) is 8.42. The lowest BCUT2D eigenvalue weighted by Crippen LogP contribution is -2.29. The first-order valence-electron chi connectivity index (χ1n) is 11.1. The molecule has 1 heterocycles. The first-order chi connectivity index (χ1) is 16.9. The minimum atomic E-state index is -0.871. The number of benzene rings is 4. The Hall–Kier alpha value is -4.09. The minimum absolute atomic E-state index is 0.00442. The Labute approximate surface area is 207 Å². The van der Waals surface area contributed by atoms with Gasteiger partial charge >= 0.3 is 0 Å². The second-order valence-corrected chi connectivity index (χ2v) is 8.86. The second kappa shape index (κ2) is 8.93. The molecule has 4 aromatic rings. The van der Waals surface area contributed by atoms with Crippen molar-refractivity contribution in [2.75, 3.05) is 12.0 Å². The summed E-state index contributed by atoms with van der Waals surface area (Å²) >= 11 is 6.25. The molecule has 4 aromatic carbocycles. The fourth-order valence-corrected chi connectivity index (χ4v) is 4.84. The van der Waals surface area contributed by atoms with E-state index in [0.717, 1.165) is 21.9 Å². The number of anilines is 1. The summed E-state index contributed by atoms with van der Waals surface area (Å²) in [4.78, 5) is 28.4. The molecule has 1 aliphatic rings. The number of aliphatic hydroxyl groups is 1. The fourth-order valence-electron chi connectivity index (χ4n) is 4.66. The van der Waals surface area contributed by atoms with E-state index in [0.29, 0.717) is 22.0 Å². The van der Waals surface area contributed by atoms with E-state index in [1.165, 1.54) is 12.0 Å². The van der Waals surface area contributed by atoms with Crippen LogP contribution < -0.4 is 9.64 Å². The van der Waals surface area contributed by atoms with Gasteiger partial charge in [-0.2, -0.15) is 0 Å². The first-order valence-corrected chi connectivity index (χ1v) is 11.5. The van der Waals surface area contributed by atoms with Crippen LogP contribution in [-0.2, 0) is 9.59 Å². The molecule has 1 saturated heterocycles. The average molecular weight is 484 g/mol. The number of carbonyl (C=O) groups is 2. The maximum Gasteiger partial charge on any atom is 0.300 e. The molecule has 35 heavy (non-hydrogen) atoms. The van der Waals surface area contributed by atoms with E-state index >= 15 is 0 Å². The van der Waals surface area contributed by atoms with Crippen molar-refractivity contribution < 1.29 is 19.4 Å². The molecule has 1 fully saturated rings. The van der Waals surface area contributed by atoms with Gasteiger partial charge in [0.1, 0.15) is 11.5 Å². The molecule has 5 nitrogen and oxygen atoms in total. The zero-order chi connectivity index (χ0) is 24.7. The van der Waals surface area contributed by atoms with Crippen molar-refractivity contribution in [3.8, 4) is 5.75 Å². The summed E-state index contributed by atoms with van der Waals surface area (Å²) in [5, 5.41) is 13.8. The number of hydrogen-bond donors (Lipinski definition) is 1. The van der Waals surface area contributed by atoms with Gasteiger partial charge in [0.15, 0.2) is 0 Å². The van der Waals surface area contributed by atoms with Crippen LogP contribution in [0.5, 0.6) is 5.75 Å². The molecule has 0 spiro atoms. The van der Waals surface area contributed by atoms with Crippen molar-refractivity contribution in [2.24, 2.45) is 0 Å². The van der Waals surface area contributed by atoms with Crippen LogP contribution in [0, 0.1) is 6.92 Å². The molecule has 5 rings (SSSR count). The fraction of sp³-hybridized carbons (Fsp3) is 0.103. The zero-order valence-electron chi connectivity index (χ0n) is 19.2. The highest BCUT2D eigenvalue weighted by molar-refractivity contribution is 6.52. The number of aliphatic hydroxyl groups excluding tert-OH is 1. The van der Waals surface area contributed by atoms with Crippen molar-refractivity contribution in [1.29, 1.82) is 0 Å². The van der Waals surface area contributed by atoms with Crippen LogP contribution in [0.2, 0.25) is 5.02 Å². The maximum absolute atomic E-state index is 13.5. The van der Waals surface area contributed by atoms with Crippen molar-refractivity contribution >= 4 is 45.5 Å². The Kier molecular flexibility index (Phi) is 5.79. The Morgan fingerprint density at radius 1 is 0.943 bits per heavy atom. The third-order valence-electron chi connectivity index (χ3n) is 6.26. The summed E-state index contributed by atoms with van der Waals surface area (Å²) < 4.78 is 5.46. The van der Waals surface area contributed by atoms with Crippen LogP contribution in [0.15, 0.2) is 90.5 Å². The van der Waals surface area contributed by atoms with Gasteiger partial charge < -0.3 is 9.84 Å². The van der Waals surface area contributed by atoms with E-state index in [1.54, 1.807) is 36.4 Å². The number of ketones is 1. The summed E-state index contributed by atoms with van der Waals surface area (Å²) in [6.45, 7) is 1.88. The lowest BCUT2D eigenvalue weighted by atomic mass is 9.91. The largest absolute Gasteiger partial charge is 0.507 e. The highest BCUT2D eigenvalue weighted by atomic mass is 35.5. The van der Waals surface area contributed by atoms with E-state index in [1.807, 2.05) is 55.5 Å². The number of halogens is 1. The van der Waals surface area contributed by atoms with Gasteiger partial charge in [-0.05, 0) is 53.6 Å². The van der Waals surface area contributed by atoms with Crippen LogP contribution in [-0.4, -0.2) is 23.9 Å². The van der Waals surface area contributed by atoms with E-state index in [4.69, 9.17) is 16.3 Å². The number of hydrogen-bond acceptors (Lipinski definition) is 4. The van der Waals surface area contributed by atoms with E-state index < -0.39 is 17.7 Å². The summed E-state index contributed by atoms with van der Waals surface area (Å²) in [6.07, 6.45) is 0. The van der Waals surface area contributed by atoms with E-state index in [2.05, 4.69) is 0 Å². The van der Waals surface area contributed by atoms with Gasteiger partial charge in [-0.25, -0.2) is 0 Å². The molecule has 1 atom stereocenters. The van der Waals surface area contributed by atoms with Gasteiger partial charge in [0.2, 0.25) is 0 Å². The molecule has 1 unspecified atom stereocenters. The number of fused-ring (bicyclic) bond motifs is 1. The van der Waals surface area contributed by atoms with Crippen molar-refractivity contribution in [3.63, 3.8) is 0 Å². The van der Waals surface area contributed by atoms with Crippen LogP contribution in [0.4, 0.5) is 5.69 Å². The predicted octanol–water partition coefficient (Wildman–Crippen LogP) is 6.44. The minimum Gasteiger partial charge on any atom is -0.507 e. The van der Waals surface area contributed by atoms with Crippen LogP contribution in [0.1, 0.15) is 22.7 Å². The number of ether oxygens (including phenoxy) is 1. The summed E-state index contributed by atoms with van der Waals surface area (Å²) in [5.41, 5.74) is 2.40. The Morgan fingerprint density at radius 3 is 2.46 bits per heavy atom. The third kappa shape index (κ3) is 3.84. The topological polar surface area (TPSA) is 66.8 Å². The number of methoxy groups -OCH3 is 1. The van der Waals surface area contributed by atoms with Gasteiger partial charge in [-0.15, -0.1) is 0 Å². The monoisotopic (exact) mass is 483 g/mol. The molecule has 0 aliphatic carbocycles. The molecule has 0 saturated carbocycles. The molecule has 0 bridgehead atoms. The predicted molar refractivity (Wildman–Crippen MR) is 138 cm³/mol. The molecule has 0 aromatic heterocycles. The lowest BCUT2D eigenvalue weighted by molar-refractivity contribution is -0.132. The Balaban J connectivity index is 1.84. The normalized spacial score (nSPS) is 17.2. The number of carbonyl (C=O) groups excluding carboxylic acids is 2. The molecular weight excluding hydrogens is 462 g/mol. The average Bonchev–Trinajstić information content (AvgIpc) is 3.13. The summed E-state index contributed by atoms with van der Waals surface area (Å²) in [7, 11) is 1.49. The van der Waals surface area contributed by atoms with Crippen LogP contribution >= 0.6 is 11.6 Å². The highest BCUT2D eigenvalue weighted by Crippen LogP contribution is 2.45. The third-order valence-corrected chi connectivity index (χ3v) is 6.49. The van der Waals surface area contributed by atoms with Gasteiger partial charge in [0.05, 0.1) is 24.3 Å². The number of Topliss-reactive ketones (excluding diaryl/α,β-unsaturated/α-hetero) is 1. The van der Waals surface area contributed by atoms with E-state index in [-0.39, 0.29) is 11.3 Å². The summed E-state index contributed by atoms with van der Waals surface area (Å²) in [5.74, 6) is -1.40. The van der Waals surface area contributed by atoms with E-state index in [9.17, 15) is 14.7 Å². The standard InChI is InChI=1S/C29H22ClNO4/c1-17-13-14-24(35-2)23(15-17)27(32)25-26(22-12-5-8-18-7-3-4-11-21(18)22)31(29(34)28(25)33)20-10-6-9-19(30)16-20/h3-16,26,32H,1-2H3/b27-25+. The first kappa shape index (κ1) is 22.7. The number of amides is 1. The Morgan fingerprint density at radius 2 is 1.69 bits per heavy atom. The number of rotatable bonds is 4. The van der Waals surface area contributed by atoms with Crippen LogP contribution in [0.3, 0.4) is 0 Å². The highest BCUT2D eigenvalue weighted by Gasteiger charge is 2.47. The van der Waals surface area contributed by atoms with Gasteiger partial charge in [-0.1, -0.05) is 71.8 Å². The molecule has 1 N–H and O–H groups in total. The van der Waals surface area contributed by atoms with Crippen molar-refractivity contribution in [1.82, 2.24) is 0 Å². The molecule has 1 amide bonds. The van der Waals surface area contributed by atoms with Gasteiger partial charge in [-0.3, -0.25) is 14.5 Å². The SMILES string of the molecule is COc1ccc(C)cc1/C(O)=C1\C(=O)C(=O)N(c2cccc(Cl)c2)C1c1cccc2ccccc12. The molecule has 6 heteroatoms. The molecular formula is C29H22ClNO4. The zero-order valence-corrected chi connectivity index (χ0v) is 19.9. The number of nitrogens with zero attached hydrogens (tertiary/aromatic N) is 1.